The summed E-state index contributed by atoms with van der Waals surface area (Å²) in [5, 5.41) is 17.2. The molecule has 3 heterocycles. The van der Waals surface area contributed by atoms with E-state index in [-0.39, 0.29) is 5.91 Å². The third kappa shape index (κ3) is 5.66. The molecule has 1 amide bonds. The van der Waals surface area contributed by atoms with Gasteiger partial charge in [-0.2, -0.15) is 9.64 Å². The Morgan fingerprint density at radius 2 is 1.78 bits per heavy atom. The van der Waals surface area contributed by atoms with Gasteiger partial charge in [0.1, 0.15) is 16.9 Å². The number of nitriles is 1. The molecular weight excluding hydrogens is 532 g/mol. The van der Waals surface area contributed by atoms with E-state index in [1.54, 1.807) is 6.20 Å². The molecule has 0 radical (unpaired) electrons. The molecule has 3 aromatic carbocycles. The van der Waals surface area contributed by atoms with Crippen LogP contribution in [-0.4, -0.2) is 51.3 Å². The highest BCUT2D eigenvalue weighted by Crippen LogP contribution is 2.29. The van der Waals surface area contributed by atoms with E-state index >= 15 is 0 Å². The molecule has 2 N–H and O–H groups in total. The number of amides is 1. The number of rotatable bonds is 7. The Balaban J connectivity index is 1.10. The Bertz CT molecular complexity index is 1750. The van der Waals surface area contributed by atoms with E-state index in [1.165, 1.54) is 11.5 Å². The SMILES string of the molecule is Cc1nsc(Nc2cnc3ccccc3n2)c1CNc1cccc(C(=O)N2CCN(c3ccccc3C#N)CC2)c1. The normalized spacial score (nSPS) is 13.2. The predicted molar refractivity (Wildman–Crippen MR) is 163 cm³/mol. The minimum absolute atomic E-state index is 0.00693. The molecule has 0 atom stereocenters. The second kappa shape index (κ2) is 11.6. The van der Waals surface area contributed by atoms with Crippen LogP contribution in [0.25, 0.3) is 11.0 Å². The lowest BCUT2D eigenvalue weighted by Gasteiger charge is -2.36. The molecule has 41 heavy (non-hydrogen) atoms. The van der Waals surface area contributed by atoms with Crippen LogP contribution < -0.4 is 15.5 Å². The Kier molecular flexibility index (Phi) is 7.43. The molecule has 6 rings (SSSR count). The van der Waals surface area contributed by atoms with Gasteiger partial charge in [-0.05, 0) is 60.9 Å². The van der Waals surface area contributed by atoms with E-state index < -0.39 is 0 Å². The van der Waals surface area contributed by atoms with Crippen molar-refractivity contribution in [3.63, 3.8) is 0 Å². The highest BCUT2D eigenvalue weighted by atomic mass is 32.1. The Morgan fingerprint density at radius 3 is 2.61 bits per heavy atom. The van der Waals surface area contributed by atoms with Crippen LogP contribution in [0.5, 0.6) is 0 Å². The summed E-state index contributed by atoms with van der Waals surface area (Å²) in [5.41, 5.74) is 6.73. The van der Waals surface area contributed by atoms with Crippen molar-refractivity contribution >= 4 is 50.7 Å². The van der Waals surface area contributed by atoms with E-state index in [0.717, 1.165) is 38.7 Å². The number of aryl methyl sites for hydroxylation is 1. The van der Waals surface area contributed by atoms with Gasteiger partial charge in [0.25, 0.3) is 5.91 Å². The van der Waals surface area contributed by atoms with Crippen molar-refractivity contribution in [2.45, 2.75) is 13.5 Å². The molecule has 0 bridgehead atoms. The molecule has 2 aromatic heterocycles. The summed E-state index contributed by atoms with van der Waals surface area (Å²) in [6.07, 6.45) is 1.73. The second-order valence-corrected chi connectivity index (χ2v) is 10.6. The maximum Gasteiger partial charge on any atom is 0.254 e. The summed E-state index contributed by atoms with van der Waals surface area (Å²) < 4.78 is 4.54. The number of hydrogen-bond acceptors (Lipinski definition) is 9. The lowest BCUT2D eigenvalue weighted by atomic mass is 10.1. The first kappa shape index (κ1) is 26.2. The van der Waals surface area contributed by atoms with Crippen LogP contribution in [0.3, 0.4) is 0 Å². The van der Waals surface area contributed by atoms with Gasteiger partial charge in [-0.25, -0.2) is 4.98 Å². The zero-order valence-corrected chi connectivity index (χ0v) is 23.4. The van der Waals surface area contributed by atoms with Crippen molar-refractivity contribution in [3.05, 3.63) is 101 Å². The third-order valence-electron chi connectivity index (χ3n) is 7.19. The number of aromatic nitrogens is 3. The van der Waals surface area contributed by atoms with Crippen LogP contribution in [0.1, 0.15) is 27.2 Å². The molecule has 0 unspecified atom stereocenters. The highest BCUT2D eigenvalue weighted by Gasteiger charge is 2.23. The van der Waals surface area contributed by atoms with E-state index in [0.29, 0.717) is 49.7 Å². The fourth-order valence-electron chi connectivity index (χ4n) is 4.96. The number of benzene rings is 3. The fraction of sp³-hybridized carbons (Fsp3) is 0.194. The molecular formula is C31H28N8OS. The number of nitrogens with zero attached hydrogens (tertiary/aromatic N) is 6. The van der Waals surface area contributed by atoms with Crippen LogP contribution in [0.4, 0.5) is 22.2 Å². The minimum atomic E-state index is 0.00693. The van der Waals surface area contributed by atoms with Gasteiger partial charge >= 0.3 is 0 Å². The maximum atomic E-state index is 13.4. The number of carbonyl (C=O) groups excluding carboxylic acids is 1. The number of nitrogens with one attached hydrogen (secondary N) is 2. The van der Waals surface area contributed by atoms with Crippen LogP contribution in [0.15, 0.2) is 79.0 Å². The standard InChI is InChI=1S/C31H28N8OS/c1-21-25(30(41-37-21)36-29-20-34-26-10-3-4-11-27(26)35-29)19-33-24-9-6-8-22(17-24)31(40)39-15-13-38(14-16-39)28-12-5-2-7-23(28)18-32/h2-12,17,20,33H,13-16,19H2,1H3,(H,35,36). The summed E-state index contributed by atoms with van der Waals surface area (Å²) in [6.45, 7) is 5.10. The first-order chi connectivity index (χ1) is 20.1. The van der Waals surface area contributed by atoms with Gasteiger partial charge in [0, 0.05) is 49.5 Å². The predicted octanol–water partition coefficient (Wildman–Crippen LogP) is 5.58. The Hall–Kier alpha value is -5.01. The smallest absolute Gasteiger partial charge is 0.254 e. The molecule has 1 aliphatic rings. The van der Waals surface area contributed by atoms with Gasteiger partial charge < -0.3 is 20.4 Å². The van der Waals surface area contributed by atoms with Crippen LogP contribution >= 0.6 is 11.5 Å². The van der Waals surface area contributed by atoms with Gasteiger partial charge in [-0.15, -0.1) is 0 Å². The number of hydrogen-bond donors (Lipinski definition) is 2. The van der Waals surface area contributed by atoms with Gasteiger partial charge in [-0.3, -0.25) is 9.78 Å². The number of fused-ring (bicyclic) bond motifs is 1. The molecule has 1 fully saturated rings. The monoisotopic (exact) mass is 560 g/mol. The summed E-state index contributed by atoms with van der Waals surface area (Å²) in [4.78, 5) is 26.6. The minimum Gasteiger partial charge on any atom is -0.381 e. The van der Waals surface area contributed by atoms with Crippen molar-refractivity contribution in [3.8, 4) is 6.07 Å². The molecule has 1 aliphatic heterocycles. The van der Waals surface area contributed by atoms with E-state index in [1.807, 2.05) is 84.6 Å². The van der Waals surface area contributed by atoms with Crippen LogP contribution in [0, 0.1) is 18.3 Å². The first-order valence-corrected chi connectivity index (χ1v) is 14.2. The number of carbonyl (C=O) groups is 1. The van der Waals surface area contributed by atoms with E-state index in [9.17, 15) is 10.1 Å². The highest BCUT2D eigenvalue weighted by molar-refractivity contribution is 7.10. The summed E-state index contributed by atoms with van der Waals surface area (Å²) in [5.74, 6) is 0.671. The van der Waals surface area contributed by atoms with Crippen molar-refractivity contribution in [2.24, 2.45) is 0 Å². The van der Waals surface area contributed by atoms with Crippen LogP contribution in [0.2, 0.25) is 0 Å². The number of para-hydroxylation sites is 3. The molecule has 10 heteroatoms. The van der Waals surface area contributed by atoms with E-state index in [4.69, 9.17) is 0 Å². The molecule has 0 saturated carbocycles. The molecule has 9 nitrogen and oxygen atoms in total. The molecule has 0 spiro atoms. The zero-order chi connectivity index (χ0) is 28.2. The largest absolute Gasteiger partial charge is 0.381 e. The van der Waals surface area contributed by atoms with Crippen LogP contribution in [-0.2, 0) is 6.54 Å². The van der Waals surface area contributed by atoms with E-state index in [2.05, 4.69) is 35.9 Å². The summed E-state index contributed by atoms with van der Waals surface area (Å²) >= 11 is 1.39. The molecule has 204 valence electrons. The summed E-state index contributed by atoms with van der Waals surface area (Å²) in [6, 6.07) is 25.3. The van der Waals surface area contributed by atoms with Crippen molar-refractivity contribution in [2.75, 3.05) is 41.7 Å². The molecule has 0 aliphatic carbocycles. The Morgan fingerprint density at radius 1 is 1.00 bits per heavy atom. The molecule has 1 saturated heterocycles. The van der Waals surface area contributed by atoms with Gasteiger partial charge in [0.2, 0.25) is 0 Å². The lowest BCUT2D eigenvalue weighted by molar-refractivity contribution is 0.0747. The quantitative estimate of drug-likeness (QED) is 0.265. The Labute approximate surface area is 242 Å². The fourth-order valence-corrected chi connectivity index (χ4v) is 5.78. The maximum absolute atomic E-state index is 13.4. The first-order valence-electron chi connectivity index (χ1n) is 13.4. The van der Waals surface area contributed by atoms with Gasteiger partial charge in [0.15, 0.2) is 0 Å². The number of piperazine rings is 1. The van der Waals surface area contributed by atoms with Crippen molar-refractivity contribution in [1.29, 1.82) is 5.26 Å². The molecule has 5 aromatic rings. The summed E-state index contributed by atoms with van der Waals surface area (Å²) in [7, 11) is 0. The average Bonchev–Trinajstić information content (AvgIpc) is 3.37. The zero-order valence-electron chi connectivity index (χ0n) is 22.5. The van der Waals surface area contributed by atoms with Gasteiger partial charge in [-0.1, -0.05) is 30.3 Å². The lowest BCUT2D eigenvalue weighted by Crippen LogP contribution is -2.49. The number of anilines is 4. The van der Waals surface area contributed by atoms with Crippen molar-refractivity contribution < 1.29 is 4.79 Å². The topological polar surface area (TPSA) is 110 Å². The third-order valence-corrected chi connectivity index (χ3v) is 8.08. The average molecular weight is 561 g/mol. The van der Waals surface area contributed by atoms with Gasteiger partial charge in [0.05, 0.1) is 34.2 Å². The second-order valence-electron chi connectivity index (χ2n) is 9.79. The van der Waals surface area contributed by atoms with Crippen molar-refractivity contribution in [1.82, 2.24) is 19.2 Å².